The molecule has 33 heavy (non-hydrogen) atoms. The number of hydrogen-bond acceptors (Lipinski definition) is 5. The summed E-state index contributed by atoms with van der Waals surface area (Å²) >= 11 is 0. The minimum atomic E-state index is -0.620. The molecule has 0 saturated carbocycles. The van der Waals surface area contributed by atoms with Crippen LogP contribution in [-0.2, 0) is 0 Å². The zero-order valence-electron chi connectivity index (χ0n) is 18.0. The Balaban J connectivity index is 1.81. The van der Waals surface area contributed by atoms with Gasteiger partial charge in [-0.3, -0.25) is 0 Å². The van der Waals surface area contributed by atoms with E-state index in [-0.39, 0.29) is 34.0 Å². The van der Waals surface area contributed by atoms with E-state index in [4.69, 9.17) is 11.2 Å². The highest BCUT2D eigenvalue weighted by Gasteiger charge is 2.23. The van der Waals surface area contributed by atoms with Crippen LogP contribution < -0.4 is 9.64 Å². The third-order valence-electron chi connectivity index (χ3n) is 6.09. The van der Waals surface area contributed by atoms with Crippen molar-refractivity contribution in [1.29, 1.82) is 0 Å². The number of phenolic OH excluding ortho intramolecular Hbond substituents is 1. The van der Waals surface area contributed by atoms with E-state index in [1.165, 1.54) is 31.4 Å². The molecule has 1 N–H and O–H groups in total. The van der Waals surface area contributed by atoms with E-state index in [0.29, 0.717) is 22.0 Å². The van der Waals surface area contributed by atoms with E-state index in [1.54, 1.807) is 12.1 Å². The zero-order valence-corrected chi connectivity index (χ0v) is 18.0. The Bertz CT molecular complexity index is 1440. The van der Waals surface area contributed by atoms with E-state index in [0.717, 1.165) is 32.4 Å². The summed E-state index contributed by atoms with van der Waals surface area (Å²) in [5.41, 5.74) is 0.538. The summed E-state index contributed by atoms with van der Waals surface area (Å²) in [6, 6.07) is 9.01. The summed E-state index contributed by atoms with van der Waals surface area (Å²) in [7, 11) is 1.44. The van der Waals surface area contributed by atoms with Crippen molar-refractivity contribution in [3.63, 3.8) is 0 Å². The number of aromatic hydroxyl groups is 1. The Hall–Kier alpha value is -3.92. The molecule has 5 rings (SSSR count). The largest absolute Gasteiger partial charge is 0.508 e. The Labute approximate surface area is 189 Å². The molecule has 0 bridgehead atoms. The van der Waals surface area contributed by atoms with Gasteiger partial charge in [0.25, 0.3) is 0 Å². The molecular weight excluding hydrogens is 424 g/mol. The number of rotatable bonds is 3. The molecule has 0 radical (unpaired) electrons. The van der Waals surface area contributed by atoms with Gasteiger partial charge in [-0.25, -0.2) is 8.78 Å². The van der Waals surface area contributed by atoms with Crippen LogP contribution in [-0.4, -0.2) is 35.3 Å². The number of fused-ring (bicyclic) bond motifs is 2. The van der Waals surface area contributed by atoms with Gasteiger partial charge >= 0.3 is 6.01 Å². The Morgan fingerprint density at radius 2 is 1.82 bits per heavy atom. The maximum atomic E-state index is 16.0. The standard InChI is InChI=1S/C26H21F2N3O2/c1-3-17-21(27)10-7-15-13-16(32)14-20(22(15)17)18-8-9-19-24(23(18)28)29-26(33-2)30-25(19)31-11-5-4-6-12-31/h1,7-10,13-14,32H,4-6,11-12H2,2H3. The first-order chi connectivity index (χ1) is 16.0. The van der Waals surface area contributed by atoms with E-state index >= 15 is 4.39 Å². The normalized spacial score (nSPS) is 13.9. The first-order valence-corrected chi connectivity index (χ1v) is 10.7. The number of anilines is 1. The molecule has 166 valence electrons. The molecule has 5 nitrogen and oxygen atoms in total. The van der Waals surface area contributed by atoms with Gasteiger partial charge in [-0.15, -0.1) is 6.42 Å². The van der Waals surface area contributed by atoms with Gasteiger partial charge in [-0.05, 0) is 54.5 Å². The molecule has 0 aliphatic carbocycles. The van der Waals surface area contributed by atoms with Crippen molar-refractivity contribution >= 4 is 27.5 Å². The van der Waals surface area contributed by atoms with Crippen LogP contribution in [0.5, 0.6) is 11.8 Å². The van der Waals surface area contributed by atoms with Crippen molar-refractivity contribution < 1.29 is 18.6 Å². The molecule has 3 aromatic carbocycles. The van der Waals surface area contributed by atoms with Gasteiger partial charge in [0.2, 0.25) is 0 Å². The molecule has 0 unspecified atom stereocenters. The molecule has 1 aromatic heterocycles. The molecular formula is C26H21F2N3O2. The molecule has 0 amide bonds. The van der Waals surface area contributed by atoms with Crippen molar-refractivity contribution in [3.05, 3.63) is 53.6 Å². The Morgan fingerprint density at radius 3 is 2.55 bits per heavy atom. The lowest BCUT2D eigenvalue weighted by Crippen LogP contribution is -2.30. The van der Waals surface area contributed by atoms with E-state index < -0.39 is 11.6 Å². The van der Waals surface area contributed by atoms with Crippen LogP contribution in [0.2, 0.25) is 0 Å². The molecule has 7 heteroatoms. The molecule has 2 heterocycles. The smallest absolute Gasteiger partial charge is 0.318 e. The number of hydrogen-bond donors (Lipinski definition) is 1. The maximum absolute atomic E-state index is 16.0. The first kappa shape index (κ1) is 21.0. The number of aromatic nitrogens is 2. The number of terminal acetylenes is 1. The predicted octanol–water partition coefficient (Wildman–Crippen LogP) is 5.41. The van der Waals surface area contributed by atoms with Gasteiger partial charge in [0, 0.05) is 29.4 Å². The highest BCUT2D eigenvalue weighted by atomic mass is 19.1. The fraction of sp³-hybridized carbons (Fsp3) is 0.231. The number of ether oxygens (including phenoxy) is 1. The van der Waals surface area contributed by atoms with Crippen LogP contribution in [0, 0.1) is 24.0 Å². The van der Waals surface area contributed by atoms with Crippen LogP contribution in [0.3, 0.4) is 0 Å². The number of methoxy groups -OCH3 is 1. The highest BCUT2D eigenvalue weighted by molar-refractivity contribution is 6.04. The fourth-order valence-electron chi connectivity index (χ4n) is 4.55. The molecule has 1 fully saturated rings. The average molecular weight is 445 g/mol. The van der Waals surface area contributed by atoms with Crippen LogP contribution in [0.1, 0.15) is 24.8 Å². The Kier molecular flexibility index (Phi) is 5.21. The molecule has 0 atom stereocenters. The maximum Gasteiger partial charge on any atom is 0.318 e. The van der Waals surface area contributed by atoms with Crippen molar-refractivity contribution in [2.24, 2.45) is 0 Å². The van der Waals surface area contributed by atoms with Gasteiger partial charge in [-0.2, -0.15) is 9.97 Å². The van der Waals surface area contributed by atoms with Gasteiger partial charge < -0.3 is 14.7 Å². The van der Waals surface area contributed by atoms with Crippen LogP contribution in [0.15, 0.2) is 36.4 Å². The van der Waals surface area contributed by atoms with Gasteiger partial charge in [0.15, 0.2) is 5.82 Å². The predicted molar refractivity (Wildman–Crippen MR) is 125 cm³/mol. The van der Waals surface area contributed by atoms with E-state index in [2.05, 4.69) is 20.8 Å². The summed E-state index contributed by atoms with van der Waals surface area (Å²) in [5.74, 6) is 1.70. The van der Waals surface area contributed by atoms with E-state index in [9.17, 15) is 9.50 Å². The third-order valence-corrected chi connectivity index (χ3v) is 6.09. The Morgan fingerprint density at radius 1 is 1.03 bits per heavy atom. The van der Waals surface area contributed by atoms with Crippen molar-refractivity contribution in [2.75, 3.05) is 25.1 Å². The minimum absolute atomic E-state index is 0.0104. The summed E-state index contributed by atoms with van der Waals surface area (Å²) in [4.78, 5) is 10.9. The summed E-state index contributed by atoms with van der Waals surface area (Å²) in [6.45, 7) is 1.64. The second-order valence-electron chi connectivity index (χ2n) is 8.06. The van der Waals surface area contributed by atoms with Crippen molar-refractivity contribution in [2.45, 2.75) is 19.3 Å². The molecule has 4 aromatic rings. The summed E-state index contributed by atoms with van der Waals surface area (Å²) in [5, 5.41) is 11.7. The summed E-state index contributed by atoms with van der Waals surface area (Å²) in [6.07, 6.45) is 8.79. The third kappa shape index (κ3) is 3.48. The SMILES string of the molecule is C#Cc1c(F)ccc2cc(O)cc(-c3ccc4c(N5CCCCC5)nc(OC)nc4c3F)c12. The lowest BCUT2D eigenvalue weighted by molar-refractivity contribution is 0.381. The van der Waals surface area contributed by atoms with Gasteiger partial charge in [-0.1, -0.05) is 18.1 Å². The second-order valence-corrected chi connectivity index (χ2v) is 8.06. The highest BCUT2D eigenvalue weighted by Crippen LogP contribution is 2.40. The molecule has 1 aliphatic rings. The average Bonchev–Trinajstić information content (AvgIpc) is 2.84. The molecule has 1 saturated heterocycles. The topological polar surface area (TPSA) is 58.5 Å². The number of halogens is 2. The van der Waals surface area contributed by atoms with E-state index in [1.807, 2.05) is 0 Å². The number of phenols is 1. The minimum Gasteiger partial charge on any atom is -0.508 e. The zero-order chi connectivity index (χ0) is 23.1. The lowest BCUT2D eigenvalue weighted by atomic mass is 9.93. The number of benzene rings is 3. The first-order valence-electron chi connectivity index (χ1n) is 10.7. The number of nitrogens with zero attached hydrogens (tertiary/aromatic N) is 3. The van der Waals surface area contributed by atoms with Crippen LogP contribution in [0.25, 0.3) is 32.8 Å². The van der Waals surface area contributed by atoms with Crippen molar-refractivity contribution in [1.82, 2.24) is 9.97 Å². The number of piperidine rings is 1. The van der Waals surface area contributed by atoms with Gasteiger partial charge in [0.1, 0.15) is 22.9 Å². The second kappa shape index (κ2) is 8.21. The quantitative estimate of drug-likeness (QED) is 0.427. The fourth-order valence-corrected chi connectivity index (χ4v) is 4.55. The molecule has 0 spiro atoms. The monoisotopic (exact) mass is 445 g/mol. The van der Waals surface area contributed by atoms with Gasteiger partial charge in [0.05, 0.1) is 12.7 Å². The lowest BCUT2D eigenvalue weighted by Gasteiger charge is -2.28. The molecule has 1 aliphatic heterocycles. The van der Waals surface area contributed by atoms with Crippen LogP contribution >= 0.6 is 0 Å². The van der Waals surface area contributed by atoms with Crippen LogP contribution in [0.4, 0.5) is 14.6 Å². The summed E-state index contributed by atoms with van der Waals surface area (Å²) < 4.78 is 35.8. The van der Waals surface area contributed by atoms with Crippen molar-refractivity contribution in [3.8, 4) is 35.2 Å².